The van der Waals surface area contributed by atoms with Crippen LogP contribution in [-0.4, -0.2) is 45.3 Å². The topological polar surface area (TPSA) is 111 Å². The quantitative estimate of drug-likeness (QED) is 0.360. The van der Waals surface area contributed by atoms with Crippen molar-refractivity contribution in [3.63, 3.8) is 0 Å². The van der Waals surface area contributed by atoms with Crippen molar-refractivity contribution in [1.29, 1.82) is 0 Å². The summed E-state index contributed by atoms with van der Waals surface area (Å²) >= 11 is 1.19. The van der Waals surface area contributed by atoms with Gasteiger partial charge >= 0.3 is 6.03 Å². The van der Waals surface area contributed by atoms with Crippen molar-refractivity contribution in [3.05, 3.63) is 84.7 Å². The largest absolute Gasteiger partial charge is 0.492 e. The second kappa shape index (κ2) is 11.3. The molecule has 3 amide bonds. The van der Waals surface area contributed by atoms with Gasteiger partial charge in [0.15, 0.2) is 11.0 Å². The van der Waals surface area contributed by atoms with E-state index in [0.717, 1.165) is 16.8 Å². The Hall–Kier alpha value is -4.18. The van der Waals surface area contributed by atoms with Gasteiger partial charge in [-0.2, -0.15) is 0 Å². The highest BCUT2D eigenvalue weighted by molar-refractivity contribution is 8.00. The van der Waals surface area contributed by atoms with Crippen molar-refractivity contribution in [2.45, 2.75) is 17.3 Å². The van der Waals surface area contributed by atoms with E-state index in [4.69, 9.17) is 4.74 Å². The number of hydrogen-bond acceptors (Lipinski definition) is 7. The number of aromatic nitrogens is 4. The lowest BCUT2D eigenvalue weighted by molar-refractivity contribution is -0.119. The van der Waals surface area contributed by atoms with Crippen LogP contribution in [0.15, 0.2) is 84.3 Å². The SMILES string of the molecule is CCOc1ccccc1-n1c(S[C@H](C(=O)NC(=O)NC)c2ccccc2)nnc1-c1cccnc1. The molecule has 2 N–H and O–H groups in total. The zero-order valence-corrected chi connectivity index (χ0v) is 20.0. The molecule has 0 radical (unpaired) electrons. The van der Waals surface area contributed by atoms with Crippen LogP contribution in [0.2, 0.25) is 0 Å². The third kappa shape index (κ3) is 5.49. The predicted octanol–water partition coefficient (Wildman–Crippen LogP) is 4.02. The summed E-state index contributed by atoms with van der Waals surface area (Å²) in [4.78, 5) is 29.2. The number of imide groups is 1. The molecule has 10 heteroatoms. The third-order valence-electron chi connectivity index (χ3n) is 4.99. The molecule has 0 aliphatic heterocycles. The first kappa shape index (κ1) is 24.0. The summed E-state index contributed by atoms with van der Waals surface area (Å²) in [5, 5.41) is 13.3. The Morgan fingerprint density at radius 2 is 1.80 bits per heavy atom. The number of para-hydroxylation sites is 2. The Bertz CT molecular complexity index is 1300. The first-order valence-electron chi connectivity index (χ1n) is 10.9. The second-order valence-electron chi connectivity index (χ2n) is 7.26. The average molecular weight is 489 g/mol. The van der Waals surface area contributed by atoms with Crippen LogP contribution in [0.3, 0.4) is 0 Å². The molecule has 0 unspecified atom stereocenters. The van der Waals surface area contributed by atoms with Crippen LogP contribution in [0.1, 0.15) is 17.7 Å². The molecule has 0 fully saturated rings. The minimum atomic E-state index is -0.766. The molecule has 0 aliphatic carbocycles. The number of amides is 3. The average Bonchev–Trinajstić information content (AvgIpc) is 3.32. The molecule has 4 aromatic rings. The van der Waals surface area contributed by atoms with E-state index in [2.05, 4.69) is 25.8 Å². The molecule has 0 bridgehead atoms. The van der Waals surface area contributed by atoms with Crippen LogP contribution in [0, 0.1) is 0 Å². The minimum Gasteiger partial charge on any atom is -0.492 e. The summed E-state index contributed by atoms with van der Waals surface area (Å²) in [6.07, 6.45) is 3.38. The molecule has 0 aliphatic rings. The lowest BCUT2D eigenvalue weighted by Gasteiger charge is -2.18. The molecule has 4 rings (SSSR count). The highest BCUT2D eigenvalue weighted by Crippen LogP contribution is 2.39. The van der Waals surface area contributed by atoms with E-state index < -0.39 is 17.2 Å². The van der Waals surface area contributed by atoms with Crippen LogP contribution in [0.5, 0.6) is 5.75 Å². The monoisotopic (exact) mass is 488 g/mol. The van der Waals surface area contributed by atoms with Gasteiger partial charge in [-0.25, -0.2) is 4.79 Å². The van der Waals surface area contributed by atoms with Crippen molar-refractivity contribution in [2.75, 3.05) is 13.7 Å². The van der Waals surface area contributed by atoms with Crippen molar-refractivity contribution in [1.82, 2.24) is 30.4 Å². The smallest absolute Gasteiger partial charge is 0.321 e. The molecular formula is C25H24N6O3S. The van der Waals surface area contributed by atoms with Crippen molar-refractivity contribution >= 4 is 23.7 Å². The van der Waals surface area contributed by atoms with Crippen LogP contribution in [-0.2, 0) is 4.79 Å². The fourth-order valence-electron chi connectivity index (χ4n) is 3.41. The molecule has 0 saturated heterocycles. The predicted molar refractivity (Wildman–Crippen MR) is 133 cm³/mol. The van der Waals surface area contributed by atoms with E-state index in [-0.39, 0.29) is 0 Å². The van der Waals surface area contributed by atoms with Crippen LogP contribution in [0.4, 0.5) is 4.79 Å². The first-order chi connectivity index (χ1) is 17.1. The first-order valence-corrected chi connectivity index (χ1v) is 11.8. The maximum absolute atomic E-state index is 13.1. The van der Waals surface area contributed by atoms with Gasteiger partial charge in [0.1, 0.15) is 11.0 Å². The van der Waals surface area contributed by atoms with Crippen LogP contribution in [0.25, 0.3) is 17.1 Å². The lowest BCUT2D eigenvalue weighted by atomic mass is 10.1. The van der Waals surface area contributed by atoms with Gasteiger partial charge in [0.2, 0.25) is 5.91 Å². The molecular weight excluding hydrogens is 464 g/mol. The van der Waals surface area contributed by atoms with Gasteiger partial charge in [-0.1, -0.05) is 54.2 Å². The number of benzene rings is 2. The zero-order valence-electron chi connectivity index (χ0n) is 19.2. The number of nitrogens with zero attached hydrogens (tertiary/aromatic N) is 4. The molecule has 0 spiro atoms. The van der Waals surface area contributed by atoms with Crippen LogP contribution < -0.4 is 15.4 Å². The maximum atomic E-state index is 13.1. The van der Waals surface area contributed by atoms with Gasteiger partial charge in [-0.05, 0) is 36.8 Å². The Morgan fingerprint density at radius 3 is 2.51 bits per heavy atom. The lowest BCUT2D eigenvalue weighted by Crippen LogP contribution is -2.39. The molecule has 2 aromatic carbocycles. The van der Waals surface area contributed by atoms with Gasteiger partial charge in [0.05, 0.1) is 12.3 Å². The number of urea groups is 1. The fourth-order valence-corrected chi connectivity index (χ4v) is 4.46. The Balaban J connectivity index is 1.84. The number of rotatable bonds is 8. The van der Waals surface area contributed by atoms with E-state index in [9.17, 15) is 9.59 Å². The highest BCUT2D eigenvalue weighted by Gasteiger charge is 2.28. The zero-order chi connectivity index (χ0) is 24.6. The van der Waals surface area contributed by atoms with E-state index in [1.165, 1.54) is 18.8 Å². The van der Waals surface area contributed by atoms with Crippen LogP contribution >= 0.6 is 11.8 Å². The molecule has 2 heterocycles. The molecule has 35 heavy (non-hydrogen) atoms. The molecule has 2 aromatic heterocycles. The summed E-state index contributed by atoms with van der Waals surface area (Å²) in [7, 11) is 1.45. The number of thioether (sulfide) groups is 1. The van der Waals surface area contributed by atoms with E-state index in [1.807, 2.05) is 78.2 Å². The number of hydrogen-bond donors (Lipinski definition) is 2. The van der Waals surface area contributed by atoms with Crippen molar-refractivity contribution in [2.24, 2.45) is 0 Å². The standard InChI is InChI=1S/C25H24N6O3S/c1-3-34-20-14-8-7-13-19(20)31-22(18-12-9-15-27-16-18)29-30-25(31)35-21(17-10-5-4-6-11-17)23(32)28-24(33)26-2/h4-16,21H,3H2,1-2H3,(H2,26,28,32,33)/t21-/m0/s1. The number of carbonyl (C=O) groups excluding carboxylic acids is 2. The Kier molecular flexibility index (Phi) is 7.74. The molecule has 178 valence electrons. The maximum Gasteiger partial charge on any atom is 0.321 e. The van der Waals surface area contributed by atoms with E-state index in [1.54, 1.807) is 12.4 Å². The number of nitrogens with one attached hydrogen (secondary N) is 2. The molecule has 1 atom stereocenters. The number of carbonyl (C=O) groups is 2. The summed E-state index contributed by atoms with van der Waals surface area (Å²) in [6.45, 7) is 2.39. The normalized spacial score (nSPS) is 11.5. The van der Waals surface area contributed by atoms with Crippen molar-refractivity contribution in [3.8, 4) is 22.8 Å². The second-order valence-corrected chi connectivity index (χ2v) is 8.33. The molecule has 9 nitrogen and oxygen atoms in total. The van der Waals surface area contributed by atoms with E-state index >= 15 is 0 Å². The third-order valence-corrected chi connectivity index (χ3v) is 6.18. The summed E-state index contributed by atoms with van der Waals surface area (Å²) < 4.78 is 7.72. The molecule has 0 saturated carbocycles. The van der Waals surface area contributed by atoms with Crippen molar-refractivity contribution < 1.29 is 14.3 Å². The highest BCUT2D eigenvalue weighted by atomic mass is 32.2. The van der Waals surface area contributed by atoms with Gasteiger partial charge in [0.25, 0.3) is 0 Å². The fraction of sp³-hybridized carbons (Fsp3) is 0.160. The van der Waals surface area contributed by atoms with E-state index in [0.29, 0.717) is 23.3 Å². The summed E-state index contributed by atoms with van der Waals surface area (Å²) in [5.41, 5.74) is 2.19. The number of pyridine rings is 1. The van der Waals surface area contributed by atoms with Gasteiger partial charge in [-0.15, -0.1) is 10.2 Å². The summed E-state index contributed by atoms with van der Waals surface area (Å²) in [5.74, 6) is 0.718. The summed E-state index contributed by atoms with van der Waals surface area (Å²) in [6, 6.07) is 19.9. The van der Waals surface area contributed by atoms with Gasteiger partial charge < -0.3 is 10.1 Å². The Labute approximate surface area is 206 Å². The van der Waals surface area contributed by atoms with Gasteiger partial charge in [0, 0.05) is 25.0 Å². The number of ether oxygens (including phenoxy) is 1. The van der Waals surface area contributed by atoms with Gasteiger partial charge in [-0.3, -0.25) is 19.7 Å². The Morgan fingerprint density at radius 1 is 1.03 bits per heavy atom. The minimum absolute atomic E-state index is 0.455.